The molecule has 1 aromatic rings. The molecule has 0 aliphatic rings. The summed E-state index contributed by atoms with van der Waals surface area (Å²) in [6, 6.07) is 7.71. The van der Waals surface area contributed by atoms with E-state index in [0.717, 1.165) is 11.1 Å². The second-order valence-electron chi connectivity index (χ2n) is 4.73. The number of nitrogens with two attached hydrogens (primary N) is 1. The van der Waals surface area contributed by atoms with E-state index < -0.39 is 0 Å². The van der Waals surface area contributed by atoms with Crippen molar-refractivity contribution in [1.29, 1.82) is 5.26 Å². The third-order valence-electron chi connectivity index (χ3n) is 2.20. The smallest absolute Gasteiger partial charge is 0.0991 e. The molecule has 86 valence electrons. The van der Waals surface area contributed by atoms with E-state index in [9.17, 15) is 0 Å². The van der Waals surface area contributed by atoms with Gasteiger partial charge in [0.15, 0.2) is 0 Å². The Kier molecular flexibility index (Phi) is 4.05. The molecule has 0 unspecified atom stereocenters. The van der Waals surface area contributed by atoms with Gasteiger partial charge in [-0.2, -0.15) is 5.26 Å². The van der Waals surface area contributed by atoms with Gasteiger partial charge in [-0.15, -0.1) is 0 Å². The van der Waals surface area contributed by atoms with Crippen molar-refractivity contribution in [2.75, 3.05) is 6.61 Å². The number of rotatable bonds is 4. The van der Waals surface area contributed by atoms with Gasteiger partial charge < -0.3 is 10.5 Å². The Hall–Kier alpha value is -1.37. The number of aryl methyl sites for hydroxylation is 1. The Labute approximate surface area is 96.8 Å². The van der Waals surface area contributed by atoms with Crippen LogP contribution in [0.1, 0.15) is 30.5 Å². The summed E-state index contributed by atoms with van der Waals surface area (Å²) in [6.07, 6.45) is 0. The Morgan fingerprint density at radius 1 is 1.44 bits per heavy atom. The summed E-state index contributed by atoms with van der Waals surface area (Å²) in [7, 11) is 0. The van der Waals surface area contributed by atoms with E-state index in [2.05, 4.69) is 6.07 Å². The van der Waals surface area contributed by atoms with Crippen LogP contribution in [0, 0.1) is 18.3 Å². The molecule has 0 radical (unpaired) electrons. The standard InChI is InChI=1S/C13H18N2O/c1-10-6-11(7-14)4-5-12(10)8-16-9-13(2,3)15/h4-6H,8-9,15H2,1-3H3. The van der Waals surface area contributed by atoms with E-state index in [1.54, 1.807) is 6.07 Å². The molecule has 2 N–H and O–H groups in total. The van der Waals surface area contributed by atoms with Crippen LogP contribution in [0.25, 0.3) is 0 Å². The molecule has 0 aromatic heterocycles. The zero-order valence-electron chi connectivity index (χ0n) is 10.1. The van der Waals surface area contributed by atoms with E-state index in [4.69, 9.17) is 15.7 Å². The van der Waals surface area contributed by atoms with Gasteiger partial charge in [-0.1, -0.05) is 6.07 Å². The minimum Gasteiger partial charge on any atom is -0.375 e. The molecule has 0 amide bonds. The monoisotopic (exact) mass is 218 g/mol. The molecule has 3 heteroatoms. The van der Waals surface area contributed by atoms with Gasteiger partial charge in [0.1, 0.15) is 0 Å². The van der Waals surface area contributed by atoms with E-state index in [1.807, 2.05) is 32.9 Å². The van der Waals surface area contributed by atoms with E-state index >= 15 is 0 Å². The fourth-order valence-corrected chi connectivity index (χ4v) is 1.35. The molecular formula is C13H18N2O. The molecule has 1 rings (SSSR count). The van der Waals surface area contributed by atoms with Crippen LogP contribution in [0.3, 0.4) is 0 Å². The average Bonchev–Trinajstić information content (AvgIpc) is 2.18. The summed E-state index contributed by atoms with van der Waals surface area (Å²) in [5, 5.41) is 8.74. The number of benzene rings is 1. The van der Waals surface area contributed by atoms with Crippen molar-refractivity contribution in [3.05, 3.63) is 34.9 Å². The molecule has 3 nitrogen and oxygen atoms in total. The van der Waals surface area contributed by atoms with Crippen LogP contribution in [0.5, 0.6) is 0 Å². The van der Waals surface area contributed by atoms with E-state index in [0.29, 0.717) is 18.8 Å². The highest BCUT2D eigenvalue weighted by Crippen LogP contribution is 2.12. The van der Waals surface area contributed by atoms with Gasteiger partial charge >= 0.3 is 0 Å². The molecule has 0 heterocycles. The van der Waals surface area contributed by atoms with Crippen LogP contribution in [-0.2, 0) is 11.3 Å². The van der Waals surface area contributed by atoms with Crippen LogP contribution in [0.2, 0.25) is 0 Å². The second-order valence-corrected chi connectivity index (χ2v) is 4.73. The van der Waals surface area contributed by atoms with Gasteiger partial charge in [-0.3, -0.25) is 0 Å². The van der Waals surface area contributed by atoms with Crippen molar-refractivity contribution >= 4 is 0 Å². The largest absolute Gasteiger partial charge is 0.375 e. The maximum Gasteiger partial charge on any atom is 0.0991 e. The Morgan fingerprint density at radius 2 is 2.12 bits per heavy atom. The number of hydrogen-bond acceptors (Lipinski definition) is 3. The fraction of sp³-hybridized carbons (Fsp3) is 0.462. The minimum atomic E-state index is -0.305. The normalized spacial score (nSPS) is 11.2. The summed E-state index contributed by atoms with van der Waals surface area (Å²) in [6.45, 7) is 6.90. The molecule has 0 aliphatic carbocycles. The third-order valence-corrected chi connectivity index (χ3v) is 2.20. The molecule has 0 fully saturated rings. The van der Waals surface area contributed by atoms with Crippen LogP contribution < -0.4 is 5.73 Å². The lowest BCUT2D eigenvalue weighted by molar-refractivity contribution is 0.0848. The first-order valence-corrected chi connectivity index (χ1v) is 5.28. The summed E-state index contributed by atoms with van der Waals surface area (Å²) in [5.74, 6) is 0. The van der Waals surface area contributed by atoms with E-state index in [1.165, 1.54) is 0 Å². The van der Waals surface area contributed by atoms with Crippen molar-refractivity contribution in [2.24, 2.45) is 5.73 Å². The van der Waals surface area contributed by atoms with E-state index in [-0.39, 0.29) is 5.54 Å². The SMILES string of the molecule is Cc1cc(C#N)ccc1COCC(C)(C)N. The topological polar surface area (TPSA) is 59.0 Å². The number of nitriles is 1. The predicted molar refractivity (Wildman–Crippen MR) is 63.8 cm³/mol. The Morgan fingerprint density at radius 3 is 2.62 bits per heavy atom. The summed E-state index contributed by atoms with van der Waals surface area (Å²) in [4.78, 5) is 0. The van der Waals surface area contributed by atoms with Crippen LogP contribution in [0.4, 0.5) is 0 Å². The lowest BCUT2D eigenvalue weighted by Gasteiger charge is -2.18. The first kappa shape index (κ1) is 12.7. The summed E-state index contributed by atoms with van der Waals surface area (Å²) in [5.41, 5.74) is 8.37. The van der Waals surface area contributed by atoms with Gasteiger partial charge in [-0.05, 0) is 44.0 Å². The molecule has 0 saturated heterocycles. The van der Waals surface area contributed by atoms with Gasteiger partial charge in [0, 0.05) is 5.54 Å². The highest BCUT2D eigenvalue weighted by atomic mass is 16.5. The van der Waals surface area contributed by atoms with Crippen LogP contribution >= 0.6 is 0 Å². The first-order valence-electron chi connectivity index (χ1n) is 5.28. The van der Waals surface area contributed by atoms with Gasteiger partial charge in [-0.25, -0.2) is 0 Å². The third kappa shape index (κ3) is 4.01. The molecular weight excluding hydrogens is 200 g/mol. The fourth-order valence-electron chi connectivity index (χ4n) is 1.35. The van der Waals surface area contributed by atoms with Crippen molar-refractivity contribution in [1.82, 2.24) is 0 Å². The molecule has 1 aromatic carbocycles. The van der Waals surface area contributed by atoms with Gasteiger partial charge in [0.2, 0.25) is 0 Å². The maximum atomic E-state index is 8.74. The van der Waals surface area contributed by atoms with Crippen molar-refractivity contribution in [3.8, 4) is 6.07 Å². The van der Waals surface area contributed by atoms with Crippen molar-refractivity contribution in [3.63, 3.8) is 0 Å². The van der Waals surface area contributed by atoms with Gasteiger partial charge in [0.05, 0.1) is 24.8 Å². The second kappa shape index (κ2) is 5.11. The Bertz CT molecular complexity index is 399. The molecule has 0 bridgehead atoms. The molecule has 0 spiro atoms. The summed E-state index contributed by atoms with van der Waals surface area (Å²) < 4.78 is 5.53. The van der Waals surface area contributed by atoms with Crippen molar-refractivity contribution in [2.45, 2.75) is 32.9 Å². The Balaban J connectivity index is 2.59. The quantitative estimate of drug-likeness (QED) is 0.842. The molecule has 0 saturated carbocycles. The zero-order valence-corrected chi connectivity index (χ0v) is 10.1. The predicted octanol–water partition coefficient (Wildman–Crippen LogP) is 2.12. The highest BCUT2D eigenvalue weighted by molar-refractivity contribution is 5.37. The van der Waals surface area contributed by atoms with Gasteiger partial charge in [0.25, 0.3) is 0 Å². The number of ether oxygens (including phenoxy) is 1. The van der Waals surface area contributed by atoms with Crippen LogP contribution in [0.15, 0.2) is 18.2 Å². The lowest BCUT2D eigenvalue weighted by atomic mass is 10.1. The number of hydrogen-bond donors (Lipinski definition) is 1. The minimum absolute atomic E-state index is 0.305. The maximum absolute atomic E-state index is 8.74. The van der Waals surface area contributed by atoms with Crippen LogP contribution in [-0.4, -0.2) is 12.1 Å². The van der Waals surface area contributed by atoms with Crippen molar-refractivity contribution < 1.29 is 4.74 Å². The highest BCUT2D eigenvalue weighted by Gasteiger charge is 2.10. The molecule has 16 heavy (non-hydrogen) atoms. The molecule has 0 atom stereocenters. The molecule has 0 aliphatic heterocycles. The summed E-state index contributed by atoms with van der Waals surface area (Å²) >= 11 is 0. The first-order chi connectivity index (χ1) is 7.42. The zero-order chi connectivity index (χ0) is 12.2. The lowest BCUT2D eigenvalue weighted by Crippen LogP contribution is -2.37. The number of nitrogens with zero attached hydrogens (tertiary/aromatic N) is 1. The average molecular weight is 218 g/mol.